The number of para-hydroxylation sites is 1. The summed E-state index contributed by atoms with van der Waals surface area (Å²) in [4.78, 5) is 12.8. The summed E-state index contributed by atoms with van der Waals surface area (Å²) in [5.74, 6) is 0.513. The van der Waals surface area contributed by atoms with Crippen molar-refractivity contribution in [1.82, 2.24) is 19.4 Å². The number of aromatic nitrogens is 2. The van der Waals surface area contributed by atoms with Crippen LogP contribution in [0, 0.1) is 12.8 Å². The molecule has 2 aliphatic heterocycles. The third-order valence-corrected chi connectivity index (χ3v) is 8.26. The SMILES string of the molecule is CCn1ncc(S(=O)(=O)N2CC[C@H]3NC(=O)COc4ccccc4C/C=C/C[C@H]3C2)c1C. The van der Waals surface area contributed by atoms with Crippen LogP contribution in [0.1, 0.15) is 31.0 Å². The van der Waals surface area contributed by atoms with E-state index in [1.54, 1.807) is 11.6 Å². The lowest BCUT2D eigenvalue weighted by atomic mass is 9.90. The fourth-order valence-corrected chi connectivity index (χ4v) is 6.14. The first kappa shape index (κ1) is 22.5. The van der Waals surface area contributed by atoms with Crippen molar-refractivity contribution >= 4 is 15.9 Å². The number of nitrogens with one attached hydrogen (secondary N) is 1. The van der Waals surface area contributed by atoms with E-state index in [1.165, 1.54) is 10.5 Å². The molecule has 0 unspecified atom stereocenters. The number of amides is 1. The average Bonchev–Trinajstić information content (AvgIpc) is 3.17. The number of sulfonamides is 1. The normalized spacial score (nSPS) is 23.6. The third kappa shape index (κ3) is 4.59. The molecule has 1 amide bonds. The van der Waals surface area contributed by atoms with Gasteiger partial charge in [-0.2, -0.15) is 9.40 Å². The average molecular weight is 459 g/mol. The van der Waals surface area contributed by atoms with Gasteiger partial charge in [0.25, 0.3) is 5.91 Å². The zero-order valence-electron chi connectivity index (χ0n) is 18.5. The minimum Gasteiger partial charge on any atom is -0.483 e. The molecule has 1 aromatic carbocycles. The second-order valence-electron chi connectivity index (χ2n) is 8.30. The molecule has 3 heterocycles. The van der Waals surface area contributed by atoms with Crippen molar-refractivity contribution in [2.24, 2.45) is 5.92 Å². The van der Waals surface area contributed by atoms with E-state index < -0.39 is 10.0 Å². The second-order valence-corrected chi connectivity index (χ2v) is 10.2. The first-order chi connectivity index (χ1) is 15.4. The van der Waals surface area contributed by atoms with Gasteiger partial charge in [0, 0.05) is 25.7 Å². The van der Waals surface area contributed by atoms with Gasteiger partial charge in [-0.15, -0.1) is 0 Å². The first-order valence-electron chi connectivity index (χ1n) is 11.1. The summed E-state index contributed by atoms with van der Waals surface area (Å²) in [5.41, 5.74) is 1.67. The molecule has 2 atom stereocenters. The highest BCUT2D eigenvalue weighted by Crippen LogP contribution is 2.28. The number of rotatable bonds is 3. The minimum absolute atomic E-state index is 0.0186. The van der Waals surface area contributed by atoms with Crippen molar-refractivity contribution in [3.8, 4) is 5.75 Å². The van der Waals surface area contributed by atoms with Crippen LogP contribution in [0.4, 0.5) is 0 Å². The maximum Gasteiger partial charge on any atom is 0.258 e. The van der Waals surface area contributed by atoms with E-state index in [2.05, 4.69) is 22.6 Å². The predicted octanol–water partition coefficient (Wildman–Crippen LogP) is 2.29. The summed E-state index contributed by atoms with van der Waals surface area (Å²) in [6.07, 6.45) is 7.56. The molecule has 0 saturated carbocycles. The minimum atomic E-state index is -3.65. The van der Waals surface area contributed by atoms with Crippen LogP contribution in [-0.2, 0) is 27.8 Å². The number of aryl methyl sites for hydroxylation is 1. The molecule has 4 rings (SSSR count). The van der Waals surface area contributed by atoms with E-state index in [0.717, 1.165) is 5.56 Å². The van der Waals surface area contributed by atoms with E-state index in [0.29, 0.717) is 50.3 Å². The van der Waals surface area contributed by atoms with Crippen molar-refractivity contribution in [3.05, 3.63) is 53.9 Å². The third-order valence-electron chi connectivity index (χ3n) is 6.29. The summed E-state index contributed by atoms with van der Waals surface area (Å²) in [5, 5.41) is 7.27. The summed E-state index contributed by atoms with van der Waals surface area (Å²) in [6.45, 7) is 4.99. The van der Waals surface area contributed by atoms with Crippen LogP contribution in [0.5, 0.6) is 5.75 Å². The highest BCUT2D eigenvalue weighted by Gasteiger charge is 2.37. The summed E-state index contributed by atoms with van der Waals surface area (Å²) in [6, 6.07) is 7.60. The Kier molecular flexibility index (Phi) is 6.66. The number of carbonyl (C=O) groups excluding carboxylic acids is 1. The molecule has 172 valence electrons. The van der Waals surface area contributed by atoms with Crippen molar-refractivity contribution in [1.29, 1.82) is 0 Å². The van der Waals surface area contributed by atoms with Crippen molar-refractivity contribution in [3.63, 3.8) is 0 Å². The van der Waals surface area contributed by atoms with E-state index in [-0.39, 0.29) is 29.4 Å². The van der Waals surface area contributed by atoms with E-state index in [1.807, 2.05) is 31.2 Å². The molecule has 1 aromatic heterocycles. The smallest absolute Gasteiger partial charge is 0.258 e. The van der Waals surface area contributed by atoms with Crippen LogP contribution in [0.2, 0.25) is 0 Å². The molecule has 1 saturated heterocycles. The lowest BCUT2D eigenvalue weighted by Gasteiger charge is -2.38. The van der Waals surface area contributed by atoms with Gasteiger partial charge in [0.2, 0.25) is 10.0 Å². The van der Waals surface area contributed by atoms with Crippen molar-refractivity contribution < 1.29 is 17.9 Å². The lowest BCUT2D eigenvalue weighted by Crippen LogP contribution is -2.53. The Balaban J connectivity index is 1.54. The van der Waals surface area contributed by atoms with Crippen LogP contribution < -0.4 is 10.1 Å². The monoisotopic (exact) mass is 458 g/mol. The Labute approximate surface area is 189 Å². The molecule has 1 fully saturated rings. The number of hydrogen-bond donors (Lipinski definition) is 1. The first-order valence-corrected chi connectivity index (χ1v) is 12.5. The summed E-state index contributed by atoms with van der Waals surface area (Å²) in [7, 11) is -3.65. The Bertz CT molecular complexity index is 1110. The number of nitrogens with zero attached hydrogens (tertiary/aromatic N) is 3. The van der Waals surface area contributed by atoms with Gasteiger partial charge in [-0.05, 0) is 50.7 Å². The number of allylic oxidation sites excluding steroid dienone is 2. The predicted molar refractivity (Wildman–Crippen MR) is 121 cm³/mol. The van der Waals surface area contributed by atoms with Crippen LogP contribution >= 0.6 is 0 Å². The fraction of sp³-hybridized carbons (Fsp3) is 0.478. The van der Waals surface area contributed by atoms with Crippen LogP contribution in [0.25, 0.3) is 0 Å². The van der Waals surface area contributed by atoms with E-state index in [9.17, 15) is 13.2 Å². The van der Waals surface area contributed by atoms with Gasteiger partial charge < -0.3 is 10.1 Å². The maximum atomic E-state index is 13.3. The zero-order chi connectivity index (χ0) is 22.7. The van der Waals surface area contributed by atoms with Crippen molar-refractivity contribution in [2.75, 3.05) is 19.7 Å². The highest BCUT2D eigenvalue weighted by atomic mass is 32.2. The molecular formula is C23H30N4O4S. The summed E-state index contributed by atoms with van der Waals surface area (Å²) < 4.78 is 35.7. The molecule has 0 radical (unpaired) electrons. The van der Waals surface area contributed by atoms with Gasteiger partial charge in [0.1, 0.15) is 10.6 Å². The highest BCUT2D eigenvalue weighted by molar-refractivity contribution is 7.89. The Morgan fingerprint density at radius 1 is 1.25 bits per heavy atom. The van der Waals surface area contributed by atoms with Gasteiger partial charge in [0.15, 0.2) is 6.61 Å². The number of hydrogen-bond acceptors (Lipinski definition) is 5. The second kappa shape index (κ2) is 9.46. The van der Waals surface area contributed by atoms with Crippen LogP contribution in [0.15, 0.2) is 47.5 Å². The van der Waals surface area contributed by atoms with Gasteiger partial charge in [-0.3, -0.25) is 9.48 Å². The largest absolute Gasteiger partial charge is 0.483 e. The Hall–Kier alpha value is -2.65. The van der Waals surface area contributed by atoms with Crippen molar-refractivity contribution in [2.45, 2.75) is 50.6 Å². The number of ether oxygens (including phenoxy) is 1. The van der Waals surface area contributed by atoms with E-state index >= 15 is 0 Å². The van der Waals surface area contributed by atoms with Crippen LogP contribution in [0.3, 0.4) is 0 Å². The van der Waals surface area contributed by atoms with Gasteiger partial charge in [-0.1, -0.05) is 30.4 Å². The molecule has 2 aliphatic rings. The number of piperidine rings is 1. The molecular weight excluding hydrogens is 428 g/mol. The molecule has 0 spiro atoms. The van der Waals surface area contributed by atoms with Gasteiger partial charge in [-0.25, -0.2) is 8.42 Å². The molecule has 32 heavy (non-hydrogen) atoms. The number of benzene rings is 1. The molecule has 1 N–H and O–H groups in total. The Morgan fingerprint density at radius 3 is 2.84 bits per heavy atom. The topological polar surface area (TPSA) is 93.5 Å². The number of fused-ring (bicyclic) bond motifs is 2. The molecule has 9 heteroatoms. The fourth-order valence-electron chi connectivity index (χ4n) is 4.47. The number of carbonyl (C=O) groups is 1. The summed E-state index contributed by atoms with van der Waals surface area (Å²) >= 11 is 0. The zero-order valence-corrected chi connectivity index (χ0v) is 19.3. The van der Waals surface area contributed by atoms with Gasteiger partial charge >= 0.3 is 0 Å². The molecule has 0 bridgehead atoms. The van der Waals surface area contributed by atoms with E-state index in [4.69, 9.17) is 4.74 Å². The maximum absolute atomic E-state index is 13.3. The quantitative estimate of drug-likeness (QED) is 0.713. The lowest BCUT2D eigenvalue weighted by molar-refractivity contribution is -0.124. The molecule has 2 aromatic rings. The molecule has 8 nitrogen and oxygen atoms in total. The van der Waals surface area contributed by atoms with Crippen LogP contribution in [-0.4, -0.2) is 54.1 Å². The van der Waals surface area contributed by atoms with Gasteiger partial charge in [0.05, 0.1) is 11.9 Å². The standard InChI is InChI=1S/C23H30N4O4S/c1-3-27-17(2)22(14-24-27)32(29,30)26-13-12-20-19(15-26)10-5-4-8-18-9-6-7-11-21(18)31-16-23(28)25-20/h4-7,9,11,14,19-20H,3,8,10,12-13,15-16H2,1-2H3,(H,25,28)/b5-4+/t19-,20+/m0/s1. The Morgan fingerprint density at radius 2 is 2.06 bits per heavy atom. The molecule has 0 aliphatic carbocycles.